The highest BCUT2D eigenvalue weighted by Crippen LogP contribution is 2.29. The van der Waals surface area contributed by atoms with Gasteiger partial charge in [0.2, 0.25) is 5.91 Å². The maximum atomic E-state index is 14.7. The molecule has 5 aromatic rings. The zero-order valence-electron chi connectivity index (χ0n) is 22.0. The van der Waals surface area contributed by atoms with E-state index >= 15 is 0 Å². The summed E-state index contributed by atoms with van der Waals surface area (Å²) in [4.78, 5) is 13.1. The smallest absolute Gasteiger partial charge is 0.236 e. The lowest BCUT2D eigenvalue weighted by molar-refractivity contribution is -0.113. The molecular formula is C30H29FN6OS. The number of thioether (sulfide) groups is 1. The maximum absolute atomic E-state index is 14.7. The summed E-state index contributed by atoms with van der Waals surface area (Å²) < 4.78 is 18.3. The van der Waals surface area contributed by atoms with E-state index in [1.54, 1.807) is 22.9 Å². The zero-order chi connectivity index (χ0) is 27.4. The van der Waals surface area contributed by atoms with Crippen molar-refractivity contribution in [3.63, 3.8) is 0 Å². The van der Waals surface area contributed by atoms with Gasteiger partial charge >= 0.3 is 0 Å². The van der Waals surface area contributed by atoms with Crippen LogP contribution in [0.25, 0.3) is 17.1 Å². The monoisotopic (exact) mass is 540 g/mol. The van der Waals surface area contributed by atoms with E-state index in [1.807, 2.05) is 71.3 Å². The molecule has 9 heteroatoms. The Bertz CT molecular complexity index is 1570. The number of rotatable bonds is 8. The third-order valence-corrected chi connectivity index (χ3v) is 7.06. The molecule has 3 aromatic carbocycles. The molecule has 0 saturated heterocycles. The van der Waals surface area contributed by atoms with Crippen LogP contribution in [-0.2, 0) is 16.8 Å². The van der Waals surface area contributed by atoms with Crippen molar-refractivity contribution in [1.82, 2.24) is 24.5 Å². The molecule has 0 fully saturated rings. The first-order valence-electron chi connectivity index (χ1n) is 12.6. The Morgan fingerprint density at radius 2 is 1.59 bits per heavy atom. The highest BCUT2D eigenvalue weighted by Gasteiger charge is 2.22. The molecule has 2 heterocycles. The van der Waals surface area contributed by atoms with Crippen LogP contribution in [-0.4, -0.2) is 36.2 Å². The molecule has 0 aliphatic carbocycles. The molecule has 0 aliphatic rings. The molecule has 2 aromatic heterocycles. The first-order valence-corrected chi connectivity index (χ1v) is 13.6. The Kier molecular flexibility index (Phi) is 7.60. The van der Waals surface area contributed by atoms with Gasteiger partial charge in [-0.3, -0.25) is 9.36 Å². The summed E-state index contributed by atoms with van der Waals surface area (Å²) in [5.74, 6) is 0.512. The van der Waals surface area contributed by atoms with Gasteiger partial charge < -0.3 is 5.32 Å². The van der Waals surface area contributed by atoms with Crippen LogP contribution in [0.1, 0.15) is 32.0 Å². The van der Waals surface area contributed by atoms with Crippen LogP contribution in [0.5, 0.6) is 0 Å². The Morgan fingerprint density at radius 1 is 0.923 bits per heavy atom. The van der Waals surface area contributed by atoms with Crippen molar-refractivity contribution in [3.8, 4) is 17.1 Å². The summed E-state index contributed by atoms with van der Waals surface area (Å²) >= 11 is 1.25. The molecule has 39 heavy (non-hydrogen) atoms. The second-order valence-electron chi connectivity index (χ2n) is 10.1. The Balaban J connectivity index is 1.39. The molecule has 0 unspecified atom stereocenters. The first-order chi connectivity index (χ1) is 18.8. The van der Waals surface area contributed by atoms with E-state index in [0.717, 1.165) is 16.9 Å². The van der Waals surface area contributed by atoms with E-state index < -0.39 is 0 Å². The van der Waals surface area contributed by atoms with Crippen molar-refractivity contribution >= 4 is 23.5 Å². The average molecular weight is 541 g/mol. The topological polar surface area (TPSA) is 77.6 Å². The van der Waals surface area contributed by atoms with Gasteiger partial charge in [-0.1, -0.05) is 93.2 Å². The number of nitrogens with zero attached hydrogens (tertiary/aromatic N) is 5. The highest BCUT2D eigenvalue weighted by atomic mass is 32.2. The highest BCUT2D eigenvalue weighted by molar-refractivity contribution is 7.99. The number of anilines is 1. The summed E-state index contributed by atoms with van der Waals surface area (Å²) in [6.45, 7) is 6.69. The van der Waals surface area contributed by atoms with Gasteiger partial charge in [0, 0.05) is 11.5 Å². The van der Waals surface area contributed by atoms with Crippen LogP contribution >= 0.6 is 11.8 Å². The molecule has 0 radical (unpaired) electrons. The fourth-order valence-electron chi connectivity index (χ4n) is 4.06. The number of halogens is 1. The molecule has 7 nitrogen and oxygen atoms in total. The van der Waals surface area contributed by atoms with Crippen molar-refractivity contribution in [3.05, 3.63) is 108 Å². The van der Waals surface area contributed by atoms with Gasteiger partial charge in [0.1, 0.15) is 11.6 Å². The fourth-order valence-corrected chi connectivity index (χ4v) is 4.80. The van der Waals surface area contributed by atoms with Gasteiger partial charge in [-0.2, -0.15) is 5.10 Å². The molecular weight excluding hydrogens is 511 g/mol. The minimum Gasteiger partial charge on any atom is -0.310 e. The number of aromatic nitrogens is 5. The Labute approximate surface area is 231 Å². The fraction of sp³-hybridized carbons (Fsp3) is 0.200. The van der Waals surface area contributed by atoms with Gasteiger partial charge in [-0.05, 0) is 29.8 Å². The Hall–Kier alpha value is -4.24. The van der Waals surface area contributed by atoms with Crippen LogP contribution < -0.4 is 5.32 Å². The van der Waals surface area contributed by atoms with E-state index in [4.69, 9.17) is 5.10 Å². The van der Waals surface area contributed by atoms with Gasteiger partial charge in [0.15, 0.2) is 11.0 Å². The van der Waals surface area contributed by atoms with E-state index in [2.05, 4.69) is 36.3 Å². The molecule has 0 saturated carbocycles. The molecule has 1 amide bonds. The molecule has 0 spiro atoms. The second-order valence-corrected chi connectivity index (χ2v) is 11.0. The summed E-state index contributed by atoms with van der Waals surface area (Å²) in [5.41, 5.74) is 2.91. The second kappa shape index (κ2) is 11.2. The van der Waals surface area contributed by atoms with Crippen LogP contribution in [0.4, 0.5) is 10.2 Å². The standard InChI is InChI=1S/C30H29FN6OS/c1-30(2,3)25-18-26(37(35-25)22-14-8-5-9-15-22)32-27(38)20-39-29-34-33-28(23-16-10-11-17-24(23)31)36(29)19-21-12-6-4-7-13-21/h4-18H,19-20H2,1-3H3,(H,32,38). The first kappa shape index (κ1) is 26.4. The average Bonchev–Trinajstić information content (AvgIpc) is 3.53. The van der Waals surface area contributed by atoms with Crippen LogP contribution in [0.3, 0.4) is 0 Å². The van der Waals surface area contributed by atoms with Crippen molar-refractivity contribution in [2.24, 2.45) is 0 Å². The van der Waals surface area contributed by atoms with Crippen LogP contribution in [0, 0.1) is 5.82 Å². The van der Waals surface area contributed by atoms with Gasteiger partial charge in [-0.25, -0.2) is 9.07 Å². The van der Waals surface area contributed by atoms with Gasteiger partial charge in [0.25, 0.3) is 0 Å². The SMILES string of the molecule is CC(C)(C)c1cc(NC(=O)CSc2nnc(-c3ccccc3F)n2Cc2ccccc2)n(-c2ccccc2)n1. The third-order valence-electron chi connectivity index (χ3n) is 6.09. The molecule has 198 valence electrons. The molecule has 0 aliphatic heterocycles. The molecule has 1 N–H and O–H groups in total. The minimum absolute atomic E-state index is 0.0923. The lowest BCUT2D eigenvalue weighted by Gasteiger charge is -2.14. The quantitative estimate of drug-likeness (QED) is 0.232. The van der Waals surface area contributed by atoms with E-state index in [0.29, 0.717) is 28.9 Å². The van der Waals surface area contributed by atoms with Crippen molar-refractivity contribution in [2.75, 3.05) is 11.1 Å². The predicted octanol–water partition coefficient (Wildman–Crippen LogP) is 6.35. The number of hydrogen-bond acceptors (Lipinski definition) is 5. The van der Waals surface area contributed by atoms with Crippen molar-refractivity contribution in [1.29, 1.82) is 0 Å². The van der Waals surface area contributed by atoms with E-state index in [-0.39, 0.29) is 22.9 Å². The normalized spacial score (nSPS) is 11.5. The molecule has 5 rings (SSSR count). The number of carbonyl (C=O) groups is 1. The number of nitrogens with one attached hydrogen (secondary N) is 1. The van der Waals surface area contributed by atoms with Crippen LogP contribution in [0.15, 0.2) is 96.2 Å². The molecule has 0 bridgehead atoms. The van der Waals surface area contributed by atoms with Crippen molar-refractivity contribution in [2.45, 2.75) is 37.9 Å². The third kappa shape index (κ3) is 6.09. The maximum Gasteiger partial charge on any atom is 0.236 e. The zero-order valence-corrected chi connectivity index (χ0v) is 22.8. The van der Waals surface area contributed by atoms with E-state index in [9.17, 15) is 9.18 Å². The van der Waals surface area contributed by atoms with Gasteiger partial charge in [0.05, 0.1) is 29.2 Å². The number of amides is 1. The van der Waals surface area contributed by atoms with Crippen molar-refractivity contribution < 1.29 is 9.18 Å². The largest absolute Gasteiger partial charge is 0.310 e. The summed E-state index contributed by atoms with van der Waals surface area (Å²) in [5, 5.41) is 16.9. The van der Waals surface area contributed by atoms with Crippen LogP contribution in [0.2, 0.25) is 0 Å². The van der Waals surface area contributed by atoms with E-state index in [1.165, 1.54) is 17.8 Å². The summed E-state index contributed by atoms with van der Waals surface area (Å²) in [7, 11) is 0. The lowest BCUT2D eigenvalue weighted by Crippen LogP contribution is -2.17. The predicted molar refractivity (Wildman–Crippen MR) is 153 cm³/mol. The number of para-hydroxylation sites is 1. The Morgan fingerprint density at radius 3 is 2.28 bits per heavy atom. The summed E-state index contributed by atoms with van der Waals surface area (Å²) in [6.07, 6.45) is 0. The van der Waals surface area contributed by atoms with Gasteiger partial charge in [-0.15, -0.1) is 10.2 Å². The minimum atomic E-state index is -0.377. The lowest BCUT2D eigenvalue weighted by atomic mass is 9.92. The number of carbonyl (C=O) groups excluding carboxylic acids is 1. The number of benzene rings is 3. The summed E-state index contributed by atoms with van der Waals surface area (Å²) in [6, 6.07) is 27.9. The molecule has 0 atom stereocenters. The number of hydrogen-bond donors (Lipinski definition) is 1.